The number of rotatable bonds is 4. The molecule has 0 fully saturated rings. The molecule has 0 saturated carbocycles. The molecule has 7 heteroatoms. The standard InChI is InChI=1S/C13H14F3N3O/c1-8(17-2)6-11-18-12(20-19-11)9-4-3-5-10(7-9)13(14,15)16/h3-5,7-8,17H,6H2,1-2H3. The second-order valence-corrected chi connectivity index (χ2v) is 4.49. The van der Waals surface area contributed by atoms with Gasteiger partial charge in [0.15, 0.2) is 5.82 Å². The van der Waals surface area contributed by atoms with Gasteiger partial charge in [0.2, 0.25) is 0 Å². The quantitative estimate of drug-likeness (QED) is 0.938. The zero-order valence-corrected chi connectivity index (χ0v) is 11.0. The fraction of sp³-hybridized carbons (Fsp3) is 0.385. The lowest BCUT2D eigenvalue weighted by Crippen LogP contribution is -2.24. The lowest BCUT2D eigenvalue weighted by atomic mass is 10.1. The molecule has 0 aliphatic rings. The van der Waals surface area contributed by atoms with Crippen LogP contribution in [0, 0.1) is 0 Å². The van der Waals surface area contributed by atoms with E-state index in [1.807, 2.05) is 6.92 Å². The summed E-state index contributed by atoms with van der Waals surface area (Å²) in [6, 6.07) is 4.98. The minimum atomic E-state index is -4.39. The van der Waals surface area contributed by atoms with Crippen LogP contribution in [0.15, 0.2) is 28.8 Å². The fourth-order valence-corrected chi connectivity index (χ4v) is 1.66. The molecule has 1 N–H and O–H groups in total. The minimum Gasteiger partial charge on any atom is -0.334 e. The van der Waals surface area contributed by atoms with Gasteiger partial charge in [-0.3, -0.25) is 0 Å². The summed E-state index contributed by atoms with van der Waals surface area (Å²) < 4.78 is 42.9. The number of nitrogens with zero attached hydrogens (tertiary/aromatic N) is 2. The van der Waals surface area contributed by atoms with Crippen LogP contribution in [-0.2, 0) is 12.6 Å². The predicted molar refractivity (Wildman–Crippen MR) is 67.0 cm³/mol. The maximum atomic E-state index is 12.6. The number of benzene rings is 1. The zero-order valence-electron chi connectivity index (χ0n) is 11.0. The van der Waals surface area contributed by atoms with Crippen LogP contribution in [0.4, 0.5) is 13.2 Å². The number of alkyl halides is 3. The molecule has 108 valence electrons. The summed E-state index contributed by atoms with van der Waals surface area (Å²) in [4.78, 5) is 4.11. The number of halogens is 3. The lowest BCUT2D eigenvalue weighted by molar-refractivity contribution is -0.137. The van der Waals surface area contributed by atoms with Crippen LogP contribution in [-0.4, -0.2) is 23.2 Å². The first-order chi connectivity index (χ1) is 9.40. The first kappa shape index (κ1) is 14.5. The molecule has 1 atom stereocenters. The van der Waals surface area contributed by atoms with Crippen LogP contribution in [0.2, 0.25) is 0 Å². The van der Waals surface area contributed by atoms with Crippen LogP contribution >= 0.6 is 0 Å². The topological polar surface area (TPSA) is 51.0 Å². The first-order valence-electron chi connectivity index (χ1n) is 6.07. The Labute approximate surface area is 114 Å². The Bertz CT molecular complexity index is 580. The van der Waals surface area contributed by atoms with Crippen molar-refractivity contribution < 1.29 is 17.7 Å². The molecule has 0 spiro atoms. The van der Waals surface area contributed by atoms with Crippen LogP contribution < -0.4 is 5.32 Å². The highest BCUT2D eigenvalue weighted by Crippen LogP contribution is 2.31. The Kier molecular flexibility index (Phi) is 4.08. The van der Waals surface area contributed by atoms with E-state index in [1.165, 1.54) is 12.1 Å². The molecule has 1 heterocycles. The SMILES string of the molecule is CNC(C)Cc1noc(-c2cccc(C(F)(F)F)c2)n1. The number of likely N-dealkylation sites (N-methyl/N-ethyl adjacent to an activating group) is 1. The van der Waals surface area contributed by atoms with Crippen molar-refractivity contribution in [3.63, 3.8) is 0 Å². The van der Waals surface area contributed by atoms with Gasteiger partial charge in [-0.15, -0.1) is 0 Å². The smallest absolute Gasteiger partial charge is 0.334 e. The summed E-state index contributed by atoms with van der Waals surface area (Å²) in [5.74, 6) is 0.550. The van der Waals surface area contributed by atoms with Gasteiger partial charge in [-0.2, -0.15) is 18.2 Å². The highest BCUT2D eigenvalue weighted by Gasteiger charge is 2.30. The van der Waals surface area contributed by atoms with Gasteiger partial charge in [-0.1, -0.05) is 11.2 Å². The fourth-order valence-electron chi connectivity index (χ4n) is 1.66. The normalized spacial score (nSPS) is 13.4. The molecule has 2 aromatic rings. The van der Waals surface area contributed by atoms with Crippen molar-refractivity contribution in [2.45, 2.75) is 25.6 Å². The highest BCUT2D eigenvalue weighted by molar-refractivity contribution is 5.54. The van der Waals surface area contributed by atoms with E-state index in [4.69, 9.17) is 4.52 Å². The molecular weight excluding hydrogens is 271 g/mol. The Balaban J connectivity index is 2.24. The second-order valence-electron chi connectivity index (χ2n) is 4.49. The number of nitrogens with one attached hydrogen (secondary N) is 1. The van der Waals surface area contributed by atoms with Gasteiger partial charge in [0.05, 0.1) is 5.56 Å². The highest BCUT2D eigenvalue weighted by atomic mass is 19.4. The van der Waals surface area contributed by atoms with Gasteiger partial charge in [-0.25, -0.2) is 0 Å². The molecule has 1 unspecified atom stereocenters. The molecule has 0 aliphatic carbocycles. The molecule has 0 radical (unpaired) electrons. The van der Waals surface area contributed by atoms with Gasteiger partial charge in [0, 0.05) is 18.0 Å². The van der Waals surface area contributed by atoms with Gasteiger partial charge >= 0.3 is 6.18 Å². The summed E-state index contributed by atoms with van der Waals surface area (Å²) in [5.41, 5.74) is -0.478. The van der Waals surface area contributed by atoms with Crippen LogP contribution in [0.1, 0.15) is 18.3 Å². The van der Waals surface area contributed by atoms with Crippen LogP contribution in [0.25, 0.3) is 11.5 Å². The van der Waals surface area contributed by atoms with Gasteiger partial charge < -0.3 is 9.84 Å². The van der Waals surface area contributed by atoms with Crippen LogP contribution in [0.3, 0.4) is 0 Å². The minimum absolute atomic E-state index is 0.0920. The van der Waals surface area contributed by atoms with Crippen molar-refractivity contribution in [1.82, 2.24) is 15.5 Å². The molecule has 4 nitrogen and oxygen atoms in total. The molecule has 1 aromatic carbocycles. The van der Waals surface area contributed by atoms with Crippen molar-refractivity contribution in [2.24, 2.45) is 0 Å². The van der Waals surface area contributed by atoms with Crippen molar-refractivity contribution in [3.05, 3.63) is 35.7 Å². The third-order valence-corrected chi connectivity index (χ3v) is 2.89. The van der Waals surface area contributed by atoms with E-state index in [0.29, 0.717) is 12.2 Å². The summed E-state index contributed by atoms with van der Waals surface area (Å²) in [7, 11) is 1.80. The van der Waals surface area contributed by atoms with Gasteiger partial charge in [0.25, 0.3) is 5.89 Å². The Hall–Kier alpha value is -1.89. The van der Waals surface area contributed by atoms with E-state index in [0.717, 1.165) is 12.1 Å². The maximum absolute atomic E-state index is 12.6. The molecule has 0 saturated heterocycles. The van der Waals surface area contributed by atoms with Crippen molar-refractivity contribution >= 4 is 0 Å². The lowest BCUT2D eigenvalue weighted by Gasteiger charge is -2.06. The third kappa shape index (κ3) is 3.36. The number of hydrogen-bond acceptors (Lipinski definition) is 4. The molecule has 0 bridgehead atoms. The molecule has 0 amide bonds. The summed E-state index contributed by atoms with van der Waals surface area (Å²) >= 11 is 0. The van der Waals surface area contributed by atoms with E-state index >= 15 is 0 Å². The molecular formula is C13H14F3N3O. The maximum Gasteiger partial charge on any atom is 0.416 e. The largest absolute Gasteiger partial charge is 0.416 e. The summed E-state index contributed by atoms with van der Waals surface area (Å²) in [6.07, 6.45) is -3.85. The Morgan fingerprint density at radius 2 is 2.10 bits per heavy atom. The van der Waals surface area contributed by atoms with Gasteiger partial charge in [-0.05, 0) is 32.2 Å². The third-order valence-electron chi connectivity index (χ3n) is 2.89. The van der Waals surface area contributed by atoms with E-state index in [1.54, 1.807) is 7.05 Å². The van der Waals surface area contributed by atoms with E-state index in [2.05, 4.69) is 15.5 Å². The second kappa shape index (κ2) is 5.62. The van der Waals surface area contributed by atoms with E-state index < -0.39 is 11.7 Å². The van der Waals surface area contributed by atoms with Crippen molar-refractivity contribution in [2.75, 3.05) is 7.05 Å². The summed E-state index contributed by atoms with van der Waals surface area (Å²) in [6.45, 7) is 1.94. The first-order valence-corrected chi connectivity index (χ1v) is 6.07. The van der Waals surface area contributed by atoms with Crippen molar-refractivity contribution in [1.29, 1.82) is 0 Å². The molecule has 0 aliphatic heterocycles. The van der Waals surface area contributed by atoms with E-state index in [-0.39, 0.29) is 17.5 Å². The molecule has 1 aromatic heterocycles. The number of aromatic nitrogens is 2. The molecule has 20 heavy (non-hydrogen) atoms. The summed E-state index contributed by atoms with van der Waals surface area (Å²) in [5, 5.41) is 6.79. The zero-order chi connectivity index (χ0) is 14.8. The predicted octanol–water partition coefficient (Wildman–Crippen LogP) is 2.91. The van der Waals surface area contributed by atoms with Crippen molar-refractivity contribution in [3.8, 4) is 11.5 Å². The van der Waals surface area contributed by atoms with E-state index in [9.17, 15) is 13.2 Å². The average Bonchev–Trinajstić information content (AvgIpc) is 2.86. The molecule has 2 rings (SSSR count). The Morgan fingerprint density at radius 3 is 2.75 bits per heavy atom. The number of hydrogen-bond donors (Lipinski definition) is 1. The monoisotopic (exact) mass is 285 g/mol. The van der Waals surface area contributed by atoms with Gasteiger partial charge in [0.1, 0.15) is 0 Å². The van der Waals surface area contributed by atoms with Crippen LogP contribution in [0.5, 0.6) is 0 Å². The average molecular weight is 285 g/mol. The Morgan fingerprint density at radius 1 is 1.35 bits per heavy atom.